The summed E-state index contributed by atoms with van der Waals surface area (Å²) >= 11 is 0. The van der Waals surface area contributed by atoms with Gasteiger partial charge in [-0.3, -0.25) is 14.2 Å². The third-order valence-electron chi connectivity index (χ3n) is 12.0. The number of carbonyl (C=O) groups excluding carboxylic acids is 2. The number of likely N-dealkylation sites (tertiary alicyclic amines) is 1. The topological polar surface area (TPSA) is 139 Å². The normalized spacial score (nSPS) is 18.0. The van der Waals surface area contributed by atoms with E-state index >= 15 is 0 Å². The van der Waals surface area contributed by atoms with Crippen molar-refractivity contribution in [2.75, 3.05) is 34.3 Å². The van der Waals surface area contributed by atoms with Crippen molar-refractivity contribution in [1.82, 2.24) is 28.0 Å². The lowest BCUT2D eigenvalue weighted by Crippen LogP contribution is -2.44. The second-order valence-electron chi connectivity index (χ2n) is 15.5. The van der Waals surface area contributed by atoms with E-state index in [1.807, 2.05) is 51.9 Å². The Balaban J connectivity index is 1.17. The molecule has 0 unspecified atom stereocenters. The Labute approximate surface area is 315 Å². The molecule has 0 bridgehead atoms. The summed E-state index contributed by atoms with van der Waals surface area (Å²) in [5, 5.41) is 1.02. The summed E-state index contributed by atoms with van der Waals surface area (Å²) in [6, 6.07) is 21.2. The Hall–Kier alpha value is -4.88. The maximum absolute atomic E-state index is 14.6. The van der Waals surface area contributed by atoms with Crippen LogP contribution in [0, 0.1) is 5.41 Å². The van der Waals surface area contributed by atoms with Crippen LogP contribution in [-0.2, 0) is 21.5 Å². The molecule has 0 spiro atoms. The monoisotopic (exact) mass is 752 g/mol. The molecule has 0 radical (unpaired) electrons. The maximum atomic E-state index is 14.6. The number of H-pyrrole nitrogens is 1. The predicted molar refractivity (Wildman–Crippen MR) is 209 cm³/mol. The van der Waals surface area contributed by atoms with E-state index in [9.17, 15) is 22.8 Å². The van der Waals surface area contributed by atoms with Crippen molar-refractivity contribution in [3.63, 3.8) is 0 Å². The molecule has 3 aliphatic rings. The zero-order chi connectivity index (χ0) is 37.8. The van der Waals surface area contributed by atoms with E-state index in [2.05, 4.69) is 26.4 Å². The maximum Gasteiger partial charge on any atom is 0.326 e. The van der Waals surface area contributed by atoms with E-state index in [1.165, 1.54) is 26.1 Å². The summed E-state index contributed by atoms with van der Waals surface area (Å²) in [5.41, 5.74) is 5.27. The van der Waals surface area contributed by atoms with Gasteiger partial charge >= 0.3 is 15.9 Å². The predicted octanol–water partition coefficient (Wildman–Crippen LogP) is 6.19. The number of ether oxygens (including phenoxy) is 1. The highest BCUT2D eigenvalue weighted by Gasteiger charge is 2.53. The molecule has 12 nitrogen and oxygen atoms in total. The number of rotatable bonds is 10. The molecule has 1 aliphatic heterocycles. The van der Waals surface area contributed by atoms with Gasteiger partial charge in [0.15, 0.2) is 0 Å². The molecule has 3 aromatic carbocycles. The van der Waals surface area contributed by atoms with E-state index in [4.69, 9.17) is 4.74 Å². The first-order valence-electron chi connectivity index (χ1n) is 19.0. The molecule has 3 heterocycles. The smallest absolute Gasteiger partial charge is 0.326 e. The fraction of sp³-hybridized carbons (Fsp3) is 0.439. The lowest BCUT2D eigenvalue weighted by atomic mass is 9.81. The highest BCUT2D eigenvalue weighted by Crippen LogP contribution is 2.52. The molecule has 2 aromatic heterocycles. The van der Waals surface area contributed by atoms with Crippen LogP contribution in [0.15, 0.2) is 71.5 Å². The standard InChI is InChI=1S/C41H48N6O6S/c1-44(2)54(51,52)43-38(48)29-15-18-32-35(25-29)46(37(28-13-16-31(53-3)17-14-28)36(32)27-9-5-4-6-10-27)26-41(21-22-41)39(49)45-23-19-30(20-24-45)47-34-12-8-7-11-33(34)42-40(47)50/h7-8,11-18,25,27,30H,4-6,9-10,19-24,26H2,1-3H3,(H,42,50)(H,43,48). The second-order valence-corrected chi connectivity index (χ2v) is 17.4. The number of methoxy groups -OCH3 is 1. The minimum Gasteiger partial charge on any atom is -0.497 e. The number of fused-ring (bicyclic) bond motifs is 2. The molecule has 2 aliphatic carbocycles. The molecule has 5 aromatic rings. The molecule has 8 rings (SSSR count). The Morgan fingerprint density at radius 3 is 2.30 bits per heavy atom. The lowest BCUT2D eigenvalue weighted by Gasteiger charge is -2.35. The molecule has 3 fully saturated rings. The number of imidazole rings is 1. The third-order valence-corrected chi connectivity index (χ3v) is 13.4. The number of piperidine rings is 1. The van der Waals surface area contributed by atoms with Gasteiger partial charge in [0.25, 0.3) is 5.91 Å². The lowest BCUT2D eigenvalue weighted by molar-refractivity contribution is -0.138. The van der Waals surface area contributed by atoms with Gasteiger partial charge in [-0.2, -0.15) is 12.7 Å². The Kier molecular flexibility index (Phi) is 9.41. The van der Waals surface area contributed by atoms with Crippen LogP contribution >= 0.6 is 0 Å². The SMILES string of the molecule is COc1ccc(-c2c(C3CCCCC3)c3ccc(C(=O)NS(=O)(=O)N(C)C)cc3n2CC2(C(=O)N3CCC(n4c(=O)[nH]c5ccccc54)CC3)CC2)cc1. The van der Waals surface area contributed by atoms with Crippen molar-refractivity contribution in [2.24, 2.45) is 5.41 Å². The molecular formula is C41H48N6O6S. The molecule has 0 atom stereocenters. The van der Waals surface area contributed by atoms with Gasteiger partial charge in [0.1, 0.15) is 5.75 Å². The largest absolute Gasteiger partial charge is 0.497 e. The van der Waals surface area contributed by atoms with E-state index in [-0.39, 0.29) is 23.2 Å². The van der Waals surface area contributed by atoms with Gasteiger partial charge in [0, 0.05) is 56.2 Å². The van der Waals surface area contributed by atoms with Crippen molar-refractivity contribution in [2.45, 2.75) is 76.3 Å². The quantitative estimate of drug-likeness (QED) is 0.175. The van der Waals surface area contributed by atoms with Gasteiger partial charge < -0.3 is 19.2 Å². The van der Waals surface area contributed by atoms with Crippen LogP contribution in [0.1, 0.15) is 85.7 Å². The number of nitrogens with zero attached hydrogens (tertiary/aromatic N) is 4. The van der Waals surface area contributed by atoms with Crippen molar-refractivity contribution in [3.8, 4) is 17.0 Å². The number of amides is 2. The second kappa shape index (κ2) is 14.1. The van der Waals surface area contributed by atoms with E-state index in [0.717, 1.165) is 81.8 Å². The number of benzene rings is 3. The Bertz CT molecular complexity index is 2390. The van der Waals surface area contributed by atoms with Crippen LogP contribution < -0.4 is 15.1 Å². The first-order valence-corrected chi connectivity index (χ1v) is 20.5. The summed E-state index contributed by atoms with van der Waals surface area (Å²) in [6.07, 6.45) is 8.41. The van der Waals surface area contributed by atoms with Crippen LogP contribution in [0.3, 0.4) is 0 Å². The van der Waals surface area contributed by atoms with Crippen LogP contribution in [0.5, 0.6) is 5.75 Å². The van der Waals surface area contributed by atoms with Crippen LogP contribution in [-0.4, -0.2) is 77.9 Å². The molecule has 284 valence electrons. The zero-order valence-electron chi connectivity index (χ0n) is 31.1. The fourth-order valence-corrected chi connectivity index (χ4v) is 9.34. The number of aromatic amines is 1. The van der Waals surface area contributed by atoms with Gasteiger partial charge in [0.05, 0.1) is 29.3 Å². The Morgan fingerprint density at radius 2 is 1.63 bits per heavy atom. The number of carbonyl (C=O) groups is 2. The molecule has 2 saturated carbocycles. The highest BCUT2D eigenvalue weighted by molar-refractivity contribution is 7.87. The molecular weight excluding hydrogens is 705 g/mol. The van der Waals surface area contributed by atoms with E-state index in [0.29, 0.717) is 38.4 Å². The van der Waals surface area contributed by atoms with Crippen molar-refractivity contribution >= 4 is 44.0 Å². The minimum absolute atomic E-state index is 0.00171. The van der Waals surface area contributed by atoms with Gasteiger partial charge in [-0.1, -0.05) is 37.5 Å². The summed E-state index contributed by atoms with van der Waals surface area (Å²) in [6.45, 7) is 1.55. The number of hydrogen-bond donors (Lipinski definition) is 2. The van der Waals surface area contributed by atoms with E-state index in [1.54, 1.807) is 19.2 Å². The molecule has 2 amide bonds. The Morgan fingerprint density at radius 1 is 0.926 bits per heavy atom. The van der Waals surface area contributed by atoms with E-state index < -0.39 is 21.5 Å². The van der Waals surface area contributed by atoms with Crippen molar-refractivity contribution in [3.05, 3.63) is 88.3 Å². The average Bonchev–Trinajstić information content (AvgIpc) is 3.80. The van der Waals surface area contributed by atoms with Crippen LogP contribution in [0.4, 0.5) is 0 Å². The van der Waals surface area contributed by atoms with Gasteiger partial charge in [-0.05, 0) is 104 Å². The van der Waals surface area contributed by atoms with Gasteiger partial charge in [-0.15, -0.1) is 0 Å². The first-order chi connectivity index (χ1) is 26.0. The van der Waals surface area contributed by atoms with Crippen molar-refractivity contribution < 1.29 is 22.7 Å². The van der Waals surface area contributed by atoms with Gasteiger partial charge in [0.2, 0.25) is 5.91 Å². The summed E-state index contributed by atoms with van der Waals surface area (Å²) < 4.78 is 38.1. The molecule has 54 heavy (non-hydrogen) atoms. The summed E-state index contributed by atoms with van der Waals surface area (Å²) in [5.74, 6) is 0.456. The molecule has 1 saturated heterocycles. The van der Waals surface area contributed by atoms with Crippen LogP contribution in [0.2, 0.25) is 0 Å². The molecule has 13 heteroatoms. The van der Waals surface area contributed by atoms with Gasteiger partial charge in [-0.25, -0.2) is 9.52 Å². The molecule has 2 N–H and O–H groups in total. The first kappa shape index (κ1) is 36.1. The fourth-order valence-electron chi connectivity index (χ4n) is 8.81. The van der Waals surface area contributed by atoms with Crippen LogP contribution in [0.25, 0.3) is 33.2 Å². The summed E-state index contributed by atoms with van der Waals surface area (Å²) in [7, 11) is 0.383. The highest BCUT2D eigenvalue weighted by atomic mass is 32.2. The number of para-hydroxylation sites is 2. The zero-order valence-corrected chi connectivity index (χ0v) is 32.0. The summed E-state index contributed by atoms with van der Waals surface area (Å²) in [4.78, 5) is 46.0. The van der Waals surface area contributed by atoms with Crippen molar-refractivity contribution in [1.29, 1.82) is 0 Å². The number of nitrogens with one attached hydrogen (secondary N) is 2. The average molecular weight is 753 g/mol. The minimum atomic E-state index is -4.01. The third kappa shape index (κ3) is 6.51. The number of aromatic nitrogens is 3. The number of hydrogen-bond acceptors (Lipinski definition) is 6.